The third kappa shape index (κ3) is 18.1. The molecule has 1 amide bonds. The van der Waals surface area contributed by atoms with Gasteiger partial charge in [0.25, 0.3) is 0 Å². The van der Waals surface area contributed by atoms with Crippen LogP contribution in [0.2, 0.25) is 0 Å². The normalized spacial score (nSPS) is 14.3. The van der Waals surface area contributed by atoms with Gasteiger partial charge in [0.05, 0.1) is 12.1 Å². The van der Waals surface area contributed by atoms with E-state index in [9.17, 15) is 9.90 Å². The minimum atomic E-state index is -0.690. The zero-order valence-corrected chi connectivity index (χ0v) is 18.6. The molecule has 0 heterocycles. The number of rotatable bonds is 15. The van der Waals surface area contributed by atoms with Crippen molar-refractivity contribution in [3.63, 3.8) is 0 Å². The molecule has 2 atom stereocenters. The van der Waals surface area contributed by atoms with Gasteiger partial charge in [-0.25, -0.2) is 4.79 Å². The smallest absolute Gasteiger partial charge is 0.407 e. The first-order valence-electron chi connectivity index (χ1n) is 11.1. The van der Waals surface area contributed by atoms with Crippen molar-refractivity contribution in [2.24, 2.45) is 0 Å². The summed E-state index contributed by atoms with van der Waals surface area (Å²) in [5, 5.41) is 12.8. The van der Waals surface area contributed by atoms with Crippen molar-refractivity contribution in [2.45, 2.75) is 129 Å². The van der Waals surface area contributed by atoms with Crippen LogP contribution in [0, 0.1) is 0 Å². The molecule has 4 heteroatoms. The van der Waals surface area contributed by atoms with Crippen LogP contribution < -0.4 is 5.32 Å². The summed E-state index contributed by atoms with van der Waals surface area (Å²) in [5.74, 6) is 0. The number of nitrogens with one attached hydrogen (secondary N) is 1. The van der Waals surface area contributed by atoms with Crippen molar-refractivity contribution in [1.82, 2.24) is 5.32 Å². The standard InChI is InChI=1S/C23H45NO3/c1-6-7-8-9-10-11-12-13-14-15-16-17-18-19-21(25)20(2)24-22(26)27-23(3,4)5/h18-21,25H,6-17H2,1-5H3,(H,24,26)/t20?,21-/m0/s1. The van der Waals surface area contributed by atoms with Crippen LogP contribution in [-0.4, -0.2) is 28.9 Å². The maximum Gasteiger partial charge on any atom is 0.407 e. The Bertz CT molecular complexity index is 388. The first-order valence-corrected chi connectivity index (χ1v) is 11.1. The number of carbonyl (C=O) groups excluding carboxylic acids is 1. The number of alkyl carbamates (subject to hydrolysis) is 1. The molecule has 0 radical (unpaired) electrons. The van der Waals surface area contributed by atoms with Crippen molar-refractivity contribution in [3.05, 3.63) is 12.2 Å². The van der Waals surface area contributed by atoms with E-state index in [1.54, 1.807) is 13.0 Å². The monoisotopic (exact) mass is 383 g/mol. The summed E-state index contributed by atoms with van der Waals surface area (Å²) in [4.78, 5) is 11.7. The van der Waals surface area contributed by atoms with Gasteiger partial charge in [-0.3, -0.25) is 0 Å². The molecule has 0 aromatic carbocycles. The van der Waals surface area contributed by atoms with E-state index in [0.29, 0.717) is 0 Å². The number of hydrogen-bond acceptors (Lipinski definition) is 3. The molecule has 160 valence electrons. The summed E-state index contributed by atoms with van der Waals surface area (Å²) in [6.45, 7) is 9.50. The summed E-state index contributed by atoms with van der Waals surface area (Å²) >= 11 is 0. The molecule has 0 saturated carbocycles. The van der Waals surface area contributed by atoms with E-state index in [0.717, 1.165) is 12.8 Å². The van der Waals surface area contributed by atoms with E-state index >= 15 is 0 Å². The molecule has 0 saturated heterocycles. The topological polar surface area (TPSA) is 58.6 Å². The van der Waals surface area contributed by atoms with Crippen LogP contribution >= 0.6 is 0 Å². The molecule has 4 nitrogen and oxygen atoms in total. The second-order valence-corrected chi connectivity index (χ2v) is 8.68. The average molecular weight is 384 g/mol. The molecule has 0 aromatic rings. The first-order chi connectivity index (χ1) is 12.8. The van der Waals surface area contributed by atoms with Gasteiger partial charge in [-0.2, -0.15) is 0 Å². The molecule has 0 aliphatic rings. The van der Waals surface area contributed by atoms with Gasteiger partial charge in [0, 0.05) is 0 Å². The van der Waals surface area contributed by atoms with Crippen LogP contribution in [0.15, 0.2) is 12.2 Å². The minimum Gasteiger partial charge on any atom is -0.444 e. The second-order valence-electron chi connectivity index (χ2n) is 8.68. The molecule has 0 fully saturated rings. The highest BCUT2D eigenvalue weighted by Gasteiger charge is 2.19. The van der Waals surface area contributed by atoms with E-state index in [4.69, 9.17) is 4.74 Å². The number of hydrogen-bond donors (Lipinski definition) is 2. The van der Waals surface area contributed by atoms with Crippen molar-refractivity contribution in [1.29, 1.82) is 0 Å². The van der Waals surface area contributed by atoms with Crippen LogP contribution in [0.3, 0.4) is 0 Å². The Hall–Kier alpha value is -1.03. The maximum absolute atomic E-state index is 11.7. The first kappa shape index (κ1) is 26.0. The van der Waals surface area contributed by atoms with Gasteiger partial charge in [0.1, 0.15) is 5.60 Å². The summed E-state index contributed by atoms with van der Waals surface area (Å²) in [5.41, 5.74) is -0.528. The fourth-order valence-corrected chi connectivity index (χ4v) is 2.91. The Balaban J connectivity index is 3.60. The molecule has 1 unspecified atom stereocenters. The van der Waals surface area contributed by atoms with E-state index in [1.807, 2.05) is 26.8 Å². The largest absolute Gasteiger partial charge is 0.444 e. The fourth-order valence-electron chi connectivity index (χ4n) is 2.91. The third-order valence-corrected chi connectivity index (χ3v) is 4.56. The Kier molecular flexibility index (Phi) is 15.4. The number of carbonyl (C=O) groups is 1. The van der Waals surface area contributed by atoms with Crippen LogP contribution in [-0.2, 0) is 4.74 Å². The molecule has 2 N–H and O–H groups in total. The summed E-state index contributed by atoms with van der Waals surface area (Å²) in [6, 6.07) is -0.367. The molecule has 0 aliphatic carbocycles. The minimum absolute atomic E-state index is 0.367. The van der Waals surface area contributed by atoms with Crippen molar-refractivity contribution in [2.75, 3.05) is 0 Å². The zero-order valence-electron chi connectivity index (χ0n) is 18.6. The molecule has 0 aromatic heterocycles. The number of ether oxygens (including phenoxy) is 1. The Labute approximate surface area is 168 Å². The molecular formula is C23H45NO3. The SMILES string of the molecule is CCCCCCCCCCCCCC=C[C@H](O)C(C)NC(=O)OC(C)(C)C. The Morgan fingerprint density at radius 3 is 1.93 bits per heavy atom. The van der Waals surface area contributed by atoms with Crippen LogP contribution in [0.25, 0.3) is 0 Å². The van der Waals surface area contributed by atoms with Crippen LogP contribution in [0.5, 0.6) is 0 Å². The number of aliphatic hydroxyl groups excluding tert-OH is 1. The van der Waals surface area contributed by atoms with E-state index in [1.165, 1.54) is 64.2 Å². The van der Waals surface area contributed by atoms with Crippen molar-refractivity contribution in [3.8, 4) is 0 Å². The Morgan fingerprint density at radius 1 is 0.963 bits per heavy atom. The zero-order chi connectivity index (χ0) is 20.5. The summed E-state index contributed by atoms with van der Waals surface area (Å²) in [6.07, 6.45) is 18.3. The number of amides is 1. The summed E-state index contributed by atoms with van der Waals surface area (Å²) < 4.78 is 5.20. The van der Waals surface area contributed by atoms with E-state index in [-0.39, 0.29) is 6.04 Å². The highest BCUT2D eigenvalue weighted by molar-refractivity contribution is 5.68. The predicted molar refractivity (Wildman–Crippen MR) is 115 cm³/mol. The highest BCUT2D eigenvalue weighted by atomic mass is 16.6. The van der Waals surface area contributed by atoms with Crippen molar-refractivity contribution < 1.29 is 14.6 Å². The van der Waals surface area contributed by atoms with Crippen molar-refractivity contribution >= 4 is 6.09 Å². The lowest BCUT2D eigenvalue weighted by Gasteiger charge is -2.23. The predicted octanol–water partition coefficient (Wildman–Crippen LogP) is 6.52. The summed E-state index contributed by atoms with van der Waals surface area (Å²) in [7, 11) is 0. The number of allylic oxidation sites excluding steroid dienone is 1. The second kappa shape index (κ2) is 16.0. The Morgan fingerprint density at radius 2 is 1.44 bits per heavy atom. The van der Waals surface area contributed by atoms with Gasteiger partial charge in [0.15, 0.2) is 0 Å². The molecule has 0 bridgehead atoms. The maximum atomic E-state index is 11.7. The van der Waals surface area contributed by atoms with Gasteiger partial charge in [-0.05, 0) is 40.5 Å². The lowest BCUT2D eigenvalue weighted by atomic mass is 10.0. The van der Waals surface area contributed by atoms with Gasteiger partial charge in [0.2, 0.25) is 0 Å². The molecule has 0 aliphatic heterocycles. The molecule has 0 spiro atoms. The van der Waals surface area contributed by atoms with Gasteiger partial charge in [-0.1, -0.05) is 83.3 Å². The van der Waals surface area contributed by atoms with E-state index in [2.05, 4.69) is 12.2 Å². The number of unbranched alkanes of at least 4 members (excludes halogenated alkanes) is 11. The average Bonchev–Trinajstić information content (AvgIpc) is 2.57. The molecular weight excluding hydrogens is 338 g/mol. The lowest BCUT2D eigenvalue weighted by Crippen LogP contribution is -2.43. The quantitative estimate of drug-likeness (QED) is 0.250. The molecule has 0 rings (SSSR count). The lowest BCUT2D eigenvalue weighted by molar-refractivity contribution is 0.0465. The van der Waals surface area contributed by atoms with Gasteiger partial charge in [-0.15, -0.1) is 0 Å². The van der Waals surface area contributed by atoms with Gasteiger partial charge < -0.3 is 15.2 Å². The van der Waals surface area contributed by atoms with Crippen LogP contribution in [0.4, 0.5) is 4.79 Å². The third-order valence-electron chi connectivity index (χ3n) is 4.56. The number of aliphatic hydroxyl groups is 1. The van der Waals surface area contributed by atoms with Crippen LogP contribution in [0.1, 0.15) is 112 Å². The van der Waals surface area contributed by atoms with Gasteiger partial charge >= 0.3 is 6.09 Å². The van der Waals surface area contributed by atoms with E-state index < -0.39 is 17.8 Å². The fraction of sp³-hybridized carbons (Fsp3) is 0.870. The molecule has 27 heavy (non-hydrogen) atoms. The highest BCUT2D eigenvalue weighted by Crippen LogP contribution is 2.12.